The van der Waals surface area contributed by atoms with Gasteiger partial charge in [-0.05, 0) is 25.3 Å². The minimum atomic E-state index is -4.14. The van der Waals surface area contributed by atoms with E-state index in [4.69, 9.17) is 0 Å². The predicted octanol–water partition coefficient (Wildman–Crippen LogP) is 1.69. The molecule has 0 aromatic heterocycles. The van der Waals surface area contributed by atoms with Crippen molar-refractivity contribution in [3.05, 3.63) is 12.7 Å². The van der Waals surface area contributed by atoms with Crippen LogP contribution < -0.4 is 34.9 Å². The van der Waals surface area contributed by atoms with E-state index < -0.39 is 10.1 Å². The number of carbonyl (C=O) groups is 1. The van der Waals surface area contributed by atoms with Crippen molar-refractivity contribution in [2.75, 3.05) is 5.75 Å². The summed E-state index contributed by atoms with van der Waals surface area (Å²) < 4.78 is 31.9. The molecular weight excluding hydrogens is 373 g/mol. The third-order valence-corrected chi connectivity index (χ3v) is 5.42. The first-order valence-electron chi connectivity index (χ1n) is 10.3. The second kappa shape index (κ2) is 19.4. The zero-order valence-electron chi connectivity index (χ0n) is 17.5. The summed E-state index contributed by atoms with van der Waals surface area (Å²) in [5.41, 5.74) is 0. The fourth-order valence-electron chi connectivity index (χ4n) is 3.10. The van der Waals surface area contributed by atoms with Gasteiger partial charge < -0.3 is 9.87 Å². The van der Waals surface area contributed by atoms with Crippen molar-refractivity contribution in [1.82, 2.24) is 5.32 Å². The molecule has 0 aromatic rings. The fourth-order valence-corrected chi connectivity index (χ4v) is 3.65. The molecule has 0 aliphatic rings. The summed E-state index contributed by atoms with van der Waals surface area (Å²) in [7, 11) is -4.14. The maximum absolute atomic E-state index is 11.5. The van der Waals surface area contributed by atoms with Crippen LogP contribution in [0.5, 0.6) is 0 Å². The van der Waals surface area contributed by atoms with Crippen molar-refractivity contribution in [3.8, 4) is 0 Å². The molecule has 0 aromatic carbocycles. The van der Waals surface area contributed by atoms with Crippen LogP contribution in [-0.2, 0) is 14.9 Å². The molecule has 0 aliphatic heterocycles. The van der Waals surface area contributed by atoms with Crippen molar-refractivity contribution in [2.24, 2.45) is 0 Å². The van der Waals surface area contributed by atoms with E-state index in [0.29, 0.717) is 19.3 Å². The topological polar surface area (TPSA) is 86.3 Å². The van der Waals surface area contributed by atoms with Crippen LogP contribution in [0.4, 0.5) is 0 Å². The van der Waals surface area contributed by atoms with Gasteiger partial charge in [-0.1, -0.05) is 84.1 Å². The third kappa shape index (κ3) is 22.3. The second-order valence-electron chi connectivity index (χ2n) is 7.14. The average Bonchev–Trinajstić information content (AvgIpc) is 2.58. The van der Waals surface area contributed by atoms with E-state index in [1.807, 2.05) is 0 Å². The number of nitrogens with one attached hydrogen (secondary N) is 1. The summed E-state index contributed by atoms with van der Waals surface area (Å²) in [6.45, 7) is 5.70. The van der Waals surface area contributed by atoms with E-state index in [0.717, 1.165) is 19.3 Å². The van der Waals surface area contributed by atoms with Gasteiger partial charge in [-0.3, -0.25) is 4.79 Å². The number of amides is 1. The Hall–Kier alpha value is 0.120. The molecule has 1 atom stereocenters. The van der Waals surface area contributed by atoms with E-state index in [9.17, 15) is 17.8 Å². The Morgan fingerprint density at radius 3 is 1.81 bits per heavy atom. The van der Waals surface area contributed by atoms with Gasteiger partial charge in [-0.15, -0.1) is 0 Å². The van der Waals surface area contributed by atoms with Crippen LogP contribution in [0.1, 0.15) is 96.8 Å². The summed E-state index contributed by atoms with van der Waals surface area (Å²) in [4.78, 5) is 11.5. The molecule has 0 saturated heterocycles. The first kappa shape index (κ1) is 29.3. The standard InChI is InChI=1S/C20H39NO4S.Na/c1-3-5-6-7-8-9-10-11-12-13-16-19(21-20(22)4-2)17-14-15-18-26(23,24)25;/h4,19H,2-3,5-18H2,1H3,(H,21,22)(H,23,24,25);/q;+1/p-1. The summed E-state index contributed by atoms with van der Waals surface area (Å²) in [5, 5.41) is 2.91. The molecule has 1 unspecified atom stereocenters. The zero-order valence-corrected chi connectivity index (χ0v) is 20.3. The molecule has 0 radical (unpaired) electrons. The minimum Gasteiger partial charge on any atom is -0.748 e. The van der Waals surface area contributed by atoms with Crippen LogP contribution in [0.15, 0.2) is 12.7 Å². The minimum absolute atomic E-state index is 0. The summed E-state index contributed by atoms with van der Waals surface area (Å²) in [5.74, 6) is -0.522. The quantitative estimate of drug-likeness (QED) is 0.161. The van der Waals surface area contributed by atoms with Gasteiger partial charge in [0, 0.05) is 11.8 Å². The zero-order chi connectivity index (χ0) is 19.7. The Morgan fingerprint density at radius 2 is 1.37 bits per heavy atom. The van der Waals surface area contributed by atoms with Crippen LogP contribution >= 0.6 is 0 Å². The first-order valence-corrected chi connectivity index (χ1v) is 11.8. The van der Waals surface area contributed by atoms with Crippen LogP contribution in [0.25, 0.3) is 0 Å². The number of unbranched alkanes of at least 4 members (excludes halogenated alkanes) is 10. The van der Waals surface area contributed by atoms with Crippen LogP contribution in [0.2, 0.25) is 0 Å². The molecule has 0 bridgehead atoms. The molecule has 0 heterocycles. The van der Waals surface area contributed by atoms with E-state index in [2.05, 4.69) is 18.8 Å². The molecule has 154 valence electrons. The maximum atomic E-state index is 11.5. The van der Waals surface area contributed by atoms with Crippen LogP contribution in [-0.4, -0.2) is 30.7 Å². The summed E-state index contributed by atoms with van der Waals surface area (Å²) >= 11 is 0. The maximum Gasteiger partial charge on any atom is 1.00 e. The number of rotatable bonds is 18. The van der Waals surface area contributed by atoms with Crippen molar-refractivity contribution in [1.29, 1.82) is 0 Å². The molecule has 7 heteroatoms. The average molecular weight is 412 g/mol. The van der Waals surface area contributed by atoms with E-state index >= 15 is 0 Å². The normalized spacial score (nSPS) is 12.2. The Morgan fingerprint density at radius 1 is 0.926 bits per heavy atom. The molecule has 0 saturated carbocycles. The van der Waals surface area contributed by atoms with Crippen LogP contribution in [0.3, 0.4) is 0 Å². The molecule has 27 heavy (non-hydrogen) atoms. The molecule has 1 amide bonds. The van der Waals surface area contributed by atoms with Gasteiger partial charge in [0.2, 0.25) is 5.91 Å². The first-order chi connectivity index (χ1) is 12.4. The predicted molar refractivity (Wildman–Crippen MR) is 107 cm³/mol. The molecule has 0 fully saturated rings. The number of hydrogen-bond donors (Lipinski definition) is 1. The Bertz CT molecular complexity index is 469. The molecule has 1 N–H and O–H groups in total. The van der Waals surface area contributed by atoms with Gasteiger partial charge in [-0.2, -0.15) is 0 Å². The largest absolute Gasteiger partial charge is 1.00 e. The fraction of sp³-hybridized carbons (Fsp3) is 0.850. The van der Waals surface area contributed by atoms with Crippen molar-refractivity contribution in [3.63, 3.8) is 0 Å². The molecule has 0 rings (SSSR count). The van der Waals surface area contributed by atoms with Gasteiger partial charge in [0.1, 0.15) is 0 Å². The van der Waals surface area contributed by atoms with E-state index in [1.165, 1.54) is 57.4 Å². The molecular formula is C20H38NNaO4S. The number of hydrogen-bond acceptors (Lipinski definition) is 4. The smallest absolute Gasteiger partial charge is 0.748 e. The Balaban J connectivity index is 0. The van der Waals surface area contributed by atoms with Crippen molar-refractivity contribution >= 4 is 16.0 Å². The molecule has 0 spiro atoms. The van der Waals surface area contributed by atoms with Gasteiger partial charge in [0.05, 0.1) is 10.1 Å². The summed E-state index contributed by atoms with van der Waals surface area (Å²) in [6.07, 6.45) is 16.5. The van der Waals surface area contributed by atoms with E-state index in [-0.39, 0.29) is 47.3 Å². The molecule has 0 aliphatic carbocycles. The number of carbonyl (C=O) groups excluding carboxylic acids is 1. The Kier molecular flexibility index (Phi) is 21.1. The van der Waals surface area contributed by atoms with Gasteiger partial charge >= 0.3 is 29.6 Å². The van der Waals surface area contributed by atoms with Crippen molar-refractivity contribution in [2.45, 2.75) is 103 Å². The van der Waals surface area contributed by atoms with Gasteiger partial charge in [0.25, 0.3) is 0 Å². The Labute approximate surface area is 189 Å². The van der Waals surface area contributed by atoms with Gasteiger partial charge in [-0.25, -0.2) is 8.42 Å². The van der Waals surface area contributed by atoms with Crippen molar-refractivity contribution < 1.29 is 47.3 Å². The monoisotopic (exact) mass is 411 g/mol. The van der Waals surface area contributed by atoms with Crippen LogP contribution in [0, 0.1) is 0 Å². The molecule has 5 nitrogen and oxygen atoms in total. The summed E-state index contributed by atoms with van der Waals surface area (Å²) in [6, 6.07) is 0.0314. The van der Waals surface area contributed by atoms with E-state index in [1.54, 1.807) is 0 Å². The third-order valence-electron chi connectivity index (χ3n) is 4.63. The SMILES string of the molecule is C=CC(=O)NC(CCCCCCCCCCCC)CCCCS(=O)(=O)[O-].[Na+]. The van der Waals surface area contributed by atoms with Gasteiger partial charge in [0.15, 0.2) is 0 Å². The second-order valence-corrected chi connectivity index (χ2v) is 8.66.